The molecule has 20 heavy (non-hydrogen) atoms. The molecule has 1 aliphatic heterocycles. The van der Waals surface area contributed by atoms with Gasteiger partial charge in [0.25, 0.3) is 0 Å². The summed E-state index contributed by atoms with van der Waals surface area (Å²) < 4.78 is 0. The van der Waals surface area contributed by atoms with Gasteiger partial charge in [-0.2, -0.15) is 0 Å². The average Bonchev–Trinajstić information content (AvgIpc) is 2.86. The third-order valence-electron chi connectivity index (χ3n) is 5.85. The molecule has 0 radical (unpaired) electrons. The summed E-state index contributed by atoms with van der Waals surface area (Å²) in [7, 11) is 4.39. The molecule has 1 unspecified atom stereocenters. The summed E-state index contributed by atoms with van der Waals surface area (Å²) >= 11 is 0. The summed E-state index contributed by atoms with van der Waals surface area (Å²) in [5.41, 5.74) is 6.59. The maximum Gasteiger partial charge on any atom is 0.0335 e. The standard InChI is InChI=1S/C17H35N3/c1-14(2)15-7-9-17(13-18,10-8-15)20-11-5-6-16(20)12-19(3)4/h14-16H,5-13,18H2,1-4H3. The number of nitrogens with zero attached hydrogens (tertiary/aromatic N) is 2. The zero-order chi connectivity index (χ0) is 14.8. The van der Waals surface area contributed by atoms with Crippen LogP contribution in [0.3, 0.4) is 0 Å². The molecule has 0 bridgehead atoms. The second-order valence-electron chi connectivity index (χ2n) is 7.76. The van der Waals surface area contributed by atoms with E-state index in [-0.39, 0.29) is 0 Å². The Balaban J connectivity index is 2.04. The van der Waals surface area contributed by atoms with Gasteiger partial charge in [0.15, 0.2) is 0 Å². The fraction of sp³-hybridized carbons (Fsp3) is 1.00. The van der Waals surface area contributed by atoms with E-state index in [4.69, 9.17) is 5.73 Å². The van der Waals surface area contributed by atoms with Gasteiger partial charge in [-0.1, -0.05) is 13.8 Å². The molecule has 1 saturated carbocycles. The number of hydrogen-bond donors (Lipinski definition) is 1. The molecule has 118 valence electrons. The molecule has 0 aromatic rings. The van der Waals surface area contributed by atoms with Gasteiger partial charge in [0.05, 0.1) is 0 Å². The molecule has 2 rings (SSSR count). The molecular weight excluding hydrogens is 246 g/mol. The summed E-state index contributed by atoms with van der Waals surface area (Å²) in [5.74, 6) is 1.76. The summed E-state index contributed by atoms with van der Waals surface area (Å²) in [4.78, 5) is 5.14. The molecule has 2 aliphatic rings. The number of hydrogen-bond acceptors (Lipinski definition) is 3. The molecule has 2 N–H and O–H groups in total. The lowest BCUT2D eigenvalue weighted by Crippen LogP contribution is -2.59. The average molecular weight is 281 g/mol. The van der Waals surface area contributed by atoms with E-state index in [1.165, 1.54) is 51.6 Å². The van der Waals surface area contributed by atoms with Crippen molar-refractivity contribution in [2.45, 2.75) is 64.0 Å². The van der Waals surface area contributed by atoms with E-state index in [9.17, 15) is 0 Å². The van der Waals surface area contributed by atoms with Crippen LogP contribution in [-0.2, 0) is 0 Å². The Bertz CT molecular complexity index is 293. The lowest BCUT2D eigenvalue weighted by atomic mass is 9.71. The molecule has 3 nitrogen and oxygen atoms in total. The highest BCUT2D eigenvalue weighted by molar-refractivity contribution is 5.01. The topological polar surface area (TPSA) is 32.5 Å². The minimum Gasteiger partial charge on any atom is -0.329 e. The molecule has 0 aromatic carbocycles. The summed E-state index contributed by atoms with van der Waals surface area (Å²) in [6.07, 6.45) is 8.09. The zero-order valence-corrected chi connectivity index (χ0v) is 14.1. The van der Waals surface area contributed by atoms with Crippen LogP contribution in [0.1, 0.15) is 52.4 Å². The van der Waals surface area contributed by atoms with E-state index in [1.807, 2.05) is 0 Å². The lowest BCUT2D eigenvalue weighted by molar-refractivity contribution is 0.0184. The molecule has 1 aliphatic carbocycles. The van der Waals surface area contributed by atoms with Crippen LogP contribution in [0.2, 0.25) is 0 Å². The van der Waals surface area contributed by atoms with Crippen molar-refractivity contribution in [3.8, 4) is 0 Å². The van der Waals surface area contributed by atoms with Crippen molar-refractivity contribution in [1.29, 1.82) is 0 Å². The van der Waals surface area contributed by atoms with E-state index in [2.05, 4.69) is 37.7 Å². The maximum absolute atomic E-state index is 6.28. The van der Waals surface area contributed by atoms with Gasteiger partial charge in [0.1, 0.15) is 0 Å². The fourth-order valence-electron chi connectivity index (χ4n) is 4.52. The van der Waals surface area contributed by atoms with Crippen molar-refractivity contribution < 1.29 is 0 Å². The SMILES string of the molecule is CC(C)C1CCC(CN)(N2CCCC2CN(C)C)CC1. The van der Waals surface area contributed by atoms with Gasteiger partial charge in [-0.15, -0.1) is 0 Å². The minimum atomic E-state index is 0.308. The van der Waals surface area contributed by atoms with Gasteiger partial charge >= 0.3 is 0 Å². The Morgan fingerprint density at radius 3 is 2.35 bits per heavy atom. The van der Waals surface area contributed by atoms with E-state index in [0.717, 1.165) is 24.4 Å². The van der Waals surface area contributed by atoms with Crippen molar-refractivity contribution in [2.24, 2.45) is 17.6 Å². The smallest absolute Gasteiger partial charge is 0.0335 e. The largest absolute Gasteiger partial charge is 0.329 e. The fourth-order valence-corrected chi connectivity index (χ4v) is 4.52. The first-order valence-electron chi connectivity index (χ1n) is 8.60. The van der Waals surface area contributed by atoms with Crippen LogP contribution in [0, 0.1) is 11.8 Å². The number of likely N-dealkylation sites (tertiary alicyclic amines) is 1. The molecular formula is C17H35N3. The van der Waals surface area contributed by atoms with Crippen molar-refractivity contribution in [3.05, 3.63) is 0 Å². The molecule has 1 atom stereocenters. The second-order valence-corrected chi connectivity index (χ2v) is 7.76. The summed E-state index contributed by atoms with van der Waals surface area (Å²) in [6.45, 7) is 8.06. The minimum absolute atomic E-state index is 0.308. The maximum atomic E-state index is 6.28. The normalized spacial score (nSPS) is 36.1. The van der Waals surface area contributed by atoms with Gasteiger partial charge in [-0.25, -0.2) is 0 Å². The van der Waals surface area contributed by atoms with Crippen LogP contribution >= 0.6 is 0 Å². The van der Waals surface area contributed by atoms with Crippen LogP contribution in [-0.4, -0.2) is 55.1 Å². The molecule has 0 aromatic heterocycles. The highest BCUT2D eigenvalue weighted by Gasteiger charge is 2.44. The molecule has 2 fully saturated rings. The van der Waals surface area contributed by atoms with Crippen molar-refractivity contribution in [3.63, 3.8) is 0 Å². The van der Waals surface area contributed by atoms with Gasteiger partial charge in [0, 0.05) is 24.7 Å². The van der Waals surface area contributed by atoms with E-state index in [1.54, 1.807) is 0 Å². The first kappa shape index (κ1) is 16.3. The molecule has 0 spiro atoms. The van der Waals surface area contributed by atoms with Crippen LogP contribution in [0.25, 0.3) is 0 Å². The Morgan fingerprint density at radius 1 is 1.20 bits per heavy atom. The second kappa shape index (κ2) is 6.76. The zero-order valence-electron chi connectivity index (χ0n) is 14.1. The number of rotatable bonds is 5. The van der Waals surface area contributed by atoms with Crippen molar-refractivity contribution in [1.82, 2.24) is 9.80 Å². The third kappa shape index (κ3) is 3.37. The van der Waals surface area contributed by atoms with Crippen LogP contribution in [0.15, 0.2) is 0 Å². The number of nitrogens with two attached hydrogens (primary N) is 1. The molecule has 3 heteroatoms. The van der Waals surface area contributed by atoms with Gasteiger partial charge in [-0.3, -0.25) is 4.90 Å². The van der Waals surface area contributed by atoms with Crippen LogP contribution < -0.4 is 5.73 Å². The van der Waals surface area contributed by atoms with E-state index in [0.29, 0.717) is 5.54 Å². The van der Waals surface area contributed by atoms with Crippen LogP contribution in [0.4, 0.5) is 0 Å². The highest BCUT2D eigenvalue weighted by atomic mass is 15.3. The van der Waals surface area contributed by atoms with E-state index >= 15 is 0 Å². The summed E-state index contributed by atoms with van der Waals surface area (Å²) in [6, 6.07) is 0.726. The predicted molar refractivity (Wildman–Crippen MR) is 86.9 cm³/mol. The Hall–Kier alpha value is -0.120. The monoisotopic (exact) mass is 281 g/mol. The first-order valence-corrected chi connectivity index (χ1v) is 8.60. The lowest BCUT2D eigenvalue weighted by Gasteiger charge is -2.49. The molecule has 0 amide bonds. The Labute approximate surface area is 125 Å². The van der Waals surface area contributed by atoms with E-state index < -0.39 is 0 Å². The molecule has 1 heterocycles. The quantitative estimate of drug-likeness (QED) is 0.840. The first-order chi connectivity index (χ1) is 9.48. The predicted octanol–water partition coefficient (Wildman–Crippen LogP) is 2.56. The number of likely N-dealkylation sites (N-methyl/N-ethyl adjacent to an activating group) is 1. The highest BCUT2D eigenvalue weighted by Crippen LogP contribution is 2.41. The summed E-state index contributed by atoms with van der Waals surface area (Å²) in [5, 5.41) is 0. The van der Waals surface area contributed by atoms with Gasteiger partial charge in [0.2, 0.25) is 0 Å². The third-order valence-corrected chi connectivity index (χ3v) is 5.85. The Kier molecular flexibility index (Phi) is 5.49. The van der Waals surface area contributed by atoms with Crippen LogP contribution in [0.5, 0.6) is 0 Å². The van der Waals surface area contributed by atoms with Gasteiger partial charge < -0.3 is 10.6 Å². The van der Waals surface area contributed by atoms with Gasteiger partial charge in [-0.05, 0) is 71.0 Å². The van der Waals surface area contributed by atoms with Crippen molar-refractivity contribution in [2.75, 3.05) is 33.7 Å². The molecule has 1 saturated heterocycles. The van der Waals surface area contributed by atoms with Crippen molar-refractivity contribution >= 4 is 0 Å². The Morgan fingerprint density at radius 2 is 1.85 bits per heavy atom.